The molecule has 0 bridgehead atoms. The second-order valence-corrected chi connectivity index (χ2v) is 5.95. The lowest BCUT2D eigenvalue weighted by Gasteiger charge is -2.16. The van der Waals surface area contributed by atoms with E-state index in [2.05, 4.69) is 10.6 Å². The van der Waals surface area contributed by atoms with Gasteiger partial charge in [0.2, 0.25) is 5.91 Å². The second-order valence-electron chi connectivity index (χ2n) is 5.95. The molecule has 0 aromatic heterocycles. The van der Waals surface area contributed by atoms with Crippen molar-refractivity contribution in [3.8, 4) is 0 Å². The van der Waals surface area contributed by atoms with E-state index < -0.39 is 0 Å². The Morgan fingerprint density at radius 2 is 1.74 bits per heavy atom. The Labute approximate surface area is 116 Å². The van der Waals surface area contributed by atoms with Gasteiger partial charge >= 0.3 is 0 Å². The predicted molar refractivity (Wildman–Crippen MR) is 76.0 cm³/mol. The van der Waals surface area contributed by atoms with Crippen LogP contribution in [-0.4, -0.2) is 38.3 Å². The molecule has 0 unspecified atom stereocenters. The summed E-state index contributed by atoms with van der Waals surface area (Å²) in [6.45, 7) is 2.56. The smallest absolute Gasteiger partial charge is 0.246 e. The molecule has 4 nitrogen and oxygen atoms in total. The fourth-order valence-electron chi connectivity index (χ4n) is 2.62. The van der Waals surface area contributed by atoms with Crippen molar-refractivity contribution in [1.29, 1.82) is 0 Å². The van der Waals surface area contributed by atoms with Gasteiger partial charge in [0.1, 0.15) is 6.61 Å². The molecule has 1 amide bonds. The zero-order valence-corrected chi connectivity index (χ0v) is 12.0. The lowest BCUT2D eigenvalue weighted by Crippen LogP contribution is -2.38. The third-order valence-electron chi connectivity index (χ3n) is 4.02. The van der Waals surface area contributed by atoms with Crippen molar-refractivity contribution in [2.45, 2.75) is 57.4 Å². The minimum absolute atomic E-state index is 0.0170. The summed E-state index contributed by atoms with van der Waals surface area (Å²) >= 11 is 0. The Hall–Kier alpha value is -0.610. The molecule has 2 saturated carbocycles. The standard InChI is InChI=1S/C15H28N2O2/c18-15(12-19-11-13-7-8-13)17-10-9-16-14-5-3-1-2-4-6-14/h13-14,16H,1-12H2,(H,17,18). The first-order valence-corrected chi connectivity index (χ1v) is 7.92. The highest BCUT2D eigenvalue weighted by atomic mass is 16.5. The molecule has 0 aliphatic heterocycles. The number of carbonyl (C=O) groups excluding carboxylic acids is 1. The van der Waals surface area contributed by atoms with E-state index in [1.54, 1.807) is 0 Å². The summed E-state index contributed by atoms with van der Waals surface area (Å²) in [5.74, 6) is 0.744. The summed E-state index contributed by atoms with van der Waals surface area (Å²) in [6, 6.07) is 0.658. The lowest BCUT2D eigenvalue weighted by molar-refractivity contribution is -0.125. The summed E-state index contributed by atoms with van der Waals surface area (Å²) in [4.78, 5) is 11.5. The molecule has 4 heteroatoms. The van der Waals surface area contributed by atoms with Crippen LogP contribution in [0.1, 0.15) is 51.4 Å². The molecule has 0 heterocycles. The summed E-state index contributed by atoms with van der Waals surface area (Å²) in [6.07, 6.45) is 10.6. The van der Waals surface area contributed by atoms with E-state index in [0.717, 1.165) is 19.1 Å². The third kappa shape index (κ3) is 6.92. The van der Waals surface area contributed by atoms with Crippen LogP contribution in [0.2, 0.25) is 0 Å². The van der Waals surface area contributed by atoms with E-state index in [1.165, 1.54) is 51.4 Å². The summed E-state index contributed by atoms with van der Waals surface area (Å²) in [5.41, 5.74) is 0. The highest BCUT2D eigenvalue weighted by Crippen LogP contribution is 2.28. The number of rotatable bonds is 8. The van der Waals surface area contributed by atoms with Gasteiger partial charge in [0.05, 0.1) is 6.61 Å². The van der Waals surface area contributed by atoms with Crippen molar-refractivity contribution in [1.82, 2.24) is 10.6 Å². The van der Waals surface area contributed by atoms with E-state index in [-0.39, 0.29) is 12.5 Å². The third-order valence-corrected chi connectivity index (χ3v) is 4.02. The molecule has 0 saturated heterocycles. The average Bonchev–Trinajstić information content (AvgIpc) is 3.22. The quantitative estimate of drug-likeness (QED) is 0.522. The molecule has 2 aliphatic rings. The highest BCUT2D eigenvalue weighted by Gasteiger charge is 2.21. The van der Waals surface area contributed by atoms with Gasteiger partial charge in [0.15, 0.2) is 0 Å². The van der Waals surface area contributed by atoms with Crippen molar-refractivity contribution >= 4 is 5.91 Å². The molecule has 2 N–H and O–H groups in total. The van der Waals surface area contributed by atoms with Crippen LogP contribution in [0.3, 0.4) is 0 Å². The molecule has 2 fully saturated rings. The van der Waals surface area contributed by atoms with E-state index in [1.807, 2.05) is 0 Å². The summed E-state index contributed by atoms with van der Waals surface area (Å²) < 4.78 is 5.35. The Morgan fingerprint density at radius 1 is 1.00 bits per heavy atom. The Kier molecular flexibility index (Phi) is 6.65. The second kappa shape index (κ2) is 8.54. The van der Waals surface area contributed by atoms with Crippen molar-refractivity contribution in [3.05, 3.63) is 0 Å². The number of nitrogens with one attached hydrogen (secondary N) is 2. The van der Waals surface area contributed by atoms with Crippen LogP contribution in [-0.2, 0) is 9.53 Å². The van der Waals surface area contributed by atoms with Gasteiger partial charge in [-0.2, -0.15) is 0 Å². The van der Waals surface area contributed by atoms with Crippen LogP contribution in [0.5, 0.6) is 0 Å². The molecule has 2 rings (SSSR count). The zero-order chi connectivity index (χ0) is 13.3. The Morgan fingerprint density at radius 3 is 2.42 bits per heavy atom. The van der Waals surface area contributed by atoms with Gasteiger partial charge in [-0.25, -0.2) is 0 Å². The maximum absolute atomic E-state index is 11.5. The molecular weight excluding hydrogens is 240 g/mol. The molecule has 0 aromatic carbocycles. The van der Waals surface area contributed by atoms with Crippen LogP contribution in [0.25, 0.3) is 0 Å². The summed E-state index contributed by atoms with van der Waals surface area (Å²) in [7, 11) is 0. The average molecular weight is 268 g/mol. The van der Waals surface area contributed by atoms with Crippen LogP contribution in [0.4, 0.5) is 0 Å². The normalized spacial score (nSPS) is 21.1. The largest absolute Gasteiger partial charge is 0.371 e. The van der Waals surface area contributed by atoms with Gasteiger partial charge in [-0.1, -0.05) is 25.7 Å². The van der Waals surface area contributed by atoms with Crippen LogP contribution in [0.15, 0.2) is 0 Å². The van der Waals surface area contributed by atoms with Crippen LogP contribution < -0.4 is 10.6 Å². The first-order chi connectivity index (χ1) is 9.34. The van der Waals surface area contributed by atoms with Gasteiger partial charge in [-0.15, -0.1) is 0 Å². The monoisotopic (exact) mass is 268 g/mol. The minimum Gasteiger partial charge on any atom is -0.371 e. The lowest BCUT2D eigenvalue weighted by atomic mass is 10.1. The highest BCUT2D eigenvalue weighted by molar-refractivity contribution is 5.77. The molecule has 0 spiro atoms. The van der Waals surface area contributed by atoms with Gasteiger partial charge < -0.3 is 15.4 Å². The SMILES string of the molecule is O=C(COCC1CC1)NCCNC1CCCCCC1. The maximum atomic E-state index is 11.5. The number of ether oxygens (including phenoxy) is 1. The number of hydrogen-bond acceptors (Lipinski definition) is 3. The molecular formula is C15H28N2O2. The zero-order valence-electron chi connectivity index (χ0n) is 12.0. The van der Waals surface area contributed by atoms with E-state index in [0.29, 0.717) is 12.6 Å². The van der Waals surface area contributed by atoms with Gasteiger partial charge in [-0.05, 0) is 31.6 Å². The predicted octanol–water partition coefficient (Wildman–Crippen LogP) is 1.84. The first-order valence-electron chi connectivity index (χ1n) is 7.92. The number of carbonyl (C=O) groups is 1. The summed E-state index contributed by atoms with van der Waals surface area (Å²) in [5, 5.41) is 6.45. The van der Waals surface area contributed by atoms with Crippen LogP contribution in [0, 0.1) is 5.92 Å². The van der Waals surface area contributed by atoms with Crippen LogP contribution >= 0.6 is 0 Å². The molecule has 110 valence electrons. The molecule has 0 radical (unpaired) electrons. The van der Waals surface area contributed by atoms with Gasteiger partial charge in [0.25, 0.3) is 0 Å². The van der Waals surface area contributed by atoms with Crippen molar-refractivity contribution in [2.24, 2.45) is 5.92 Å². The van der Waals surface area contributed by atoms with E-state index >= 15 is 0 Å². The first kappa shape index (κ1) is 14.8. The van der Waals surface area contributed by atoms with E-state index in [4.69, 9.17) is 4.74 Å². The topological polar surface area (TPSA) is 50.4 Å². The number of amides is 1. The van der Waals surface area contributed by atoms with E-state index in [9.17, 15) is 4.79 Å². The maximum Gasteiger partial charge on any atom is 0.246 e. The van der Waals surface area contributed by atoms with Gasteiger partial charge in [-0.3, -0.25) is 4.79 Å². The number of hydrogen-bond donors (Lipinski definition) is 2. The fourth-order valence-corrected chi connectivity index (χ4v) is 2.62. The van der Waals surface area contributed by atoms with Crippen molar-refractivity contribution < 1.29 is 9.53 Å². The Bertz CT molecular complexity index is 259. The molecule has 0 atom stereocenters. The molecule has 2 aliphatic carbocycles. The molecule has 0 aromatic rings. The molecule has 19 heavy (non-hydrogen) atoms. The Balaban J connectivity index is 1.42. The fraction of sp³-hybridized carbons (Fsp3) is 0.933. The minimum atomic E-state index is 0.0170. The van der Waals surface area contributed by atoms with Crippen molar-refractivity contribution in [2.75, 3.05) is 26.3 Å². The van der Waals surface area contributed by atoms with Crippen molar-refractivity contribution in [3.63, 3.8) is 0 Å². The van der Waals surface area contributed by atoms with Gasteiger partial charge in [0, 0.05) is 19.1 Å².